The van der Waals surface area contributed by atoms with E-state index in [1.165, 1.54) is 25.7 Å². The predicted molar refractivity (Wildman–Crippen MR) is 83.8 cm³/mol. The standard InChI is InChI=1S/C17H30N2O2/c1-13(2)9-10-19-12-14(11-16(19)20)17(21)18-15-7-5-3-4-6-8-15/h13-15H,3-12H2,1-2H3,(H,18,21)/t14-/m1/s1. The van der Waals surface area contributed by atoms with Crippen molar-refractivity contribution in [3.8, 4) is 0 Å². The van der Waals surface area contributed by atoms with Crippen molar-refractivity contribution in [2.75, 3.05) is 13.1 Å². The lowest BCUT2D eigenvalue weighted by Crippen LogP contribution is -2.39. The van der Waals surface area contributed by atoms with Crippen LogP contribution in [0.2, 0.25) is 0 Å². The van der Waals surface area contributed by atoms with Gasteiger partial charge in [-0.1, -0.05) is 39.5 Å². The Bertz CT molecular complexity index is 360. The molecule has 21 heavy (non-hydrogen) atoms. The molecule has 0 aromatic rings. The molecular formula is C17H30N2O2. The Morgan fingerprint density at radius 2 is 1.90 bits per heavy atom. The maximum absolute atomic E-state index is 12.4. The topological polar surface area (TPSA) is 49.4 Å². The first kappa shape index (κ1) is 16.3. The number of likely N-dealkylation sites (tertiary alicyclic amines) is 1. The summed E-state index contributed by atoms with van der Waals surface area (Å²) in [7, 11) is 0. The average molecular weight is 294 g/mol. The van der Waals surface area contributed by atoms with Crippen molar-refractivity contribution in [1.82, 2.24) is 10.2 Å². The summed E-state index contributed by atoms with van der Waals surface area (Å²) in [5, 5.41) is 3.19. The smallest absolute Gasteiger partial charge is 0.225 e. The van der Waals surface area contributed by atoms with Gasteiger partial charge in [-0.3, -0.25) is 9.59 Å². The number of nitrogens with one attached hydrogen (secondary N) is 1. The van der Waals surface area contributed by atoms with Crippen LogP contribution in [0, 0.1) is 11.8 Å². The van der Waals surface area contributed by atoms with E-state index in [-0.39, 0.29) is 17.7 Å². The maximum Gasteiger partial charge on any atom is 0.225 e. The monoisotopic (exact) mass is 294 g/mol. The van der Waals surface area contributed by atoms with E-state index in [1.807, 2.05) is 4.90 Å². The van der Waals surface area contributed by atoms with Gasteiger partial charge < -0.3 is 10.2 Å². The van der Waals surface area contributed by atoms with E-state index in [4.69, 9.17) is 0 Å². The summed E-state index contributed by atoms with van der Waals surface area (Å²) in [6.45, 7) is 5.74. The van der Waals surface area contributed by atoms with E-state index < -0.39 is 0 Å². The highest BCUT2D eigenvalue weighted by Gasteiger charge is 2.34. The third kappa shape index (κ3) is 5.01. The molecule has 1 atom stereocenters. The molecule has 1 aliphatic carbocycles. The first-order chi connectivity index (χ1) is 10.1. The van der Waals surface area contributed by atoms with Crippen LogP contribution in [0.4, 0.5) is 0 Å². The maximum atomic E-state index is 12.4. The summed E-state index contributed by atoms with van der Waals surface area (Å²) in [5.41, 5.74) is 0. The van der Waals surface area contributed by atoms with Crippen LogP contribution in [0.15, 0.2) is 0 Å². The van der Waals surface area contributed by atoms with Crippen LogP contribution in [0.1, 0.15) is 65.2 Å². The Morgan fingerprint density at radius 3 is 2.52 bits per heavy atom. The van der Waals surface area contributed by atoms with E-state index in [9.17, 15) is 9.59 Å². The van der Waals surface area contributed by atoms with E-state index >= 15 is 0 Å². The normalized spacial score (nSPS) is 24.4. The number of rotatable bonds is 5. The molecule has 1 saturated carbocycles. The molecule has 0 radical (unpaired) electrons. The summed E-state index contributed by atoms with van der Waals surface area (Å²) in [6, 6.07) is 0.333. The predicted octanol–water partition coefficient (Wildman–Crippen LogP) is 2.72. The first-order valence-electron chi connectivity index (χ1n) is 8.64. The van der Waals surface area contributed by atoms with Gasteiger partial charge in [-0.15, -0.1) is 0 Å². The Balaban J connectivity index is 1.79. The Labute approximate surface area is 128 Å². The first-order valence-corrected chi connectivity index (χ1v) is 8.64. The molecule has 1 aliphatic heterocycles. The number of carbonyl (C=O) groups is 2. The van der Waals surface area contributed by atoms with Crippen LogP contribution < -0.4 is 5.32 Å². The SMILES string of the molecule is CC(C)CCN1C[C@H](C(=O)NC2CCCCCC2)CC1=O. The number of hydrogen-bond acceptors (Lipinski definition) is 2. The molecule has 1 N–H and O–H groups in total. The van der Waals surface area contributed by atoms with Crippen molar-refractivity contribution >= 4 is 11.8 Å². The summed E-state index contributed by atoms with van der Waals surface area (Å²) in [6.07, 6.45) is 8.63. The van der Waals surface area contributed by atoms with Crippen LogP contribution in [-0.2, 0) is 9.59 Å². The molecule has 0 spiro atoms. The van der Waals surface area contributed by atoms with Crippen LogP contribution >= 0.6 is 0 Å². The zero-order chi connectivity index (χ0) is 15.2. The quantitative estimate of drug-likeness (QED) is 0.793. The van der Waals surface area contributed by atoms with Gasteiger partial charge in [0, 0.05) is 25.6 Å². The van der Waals surface area contributed by atoms with Crippen molar-refractivity contribution < 1.29 is 9.59 Å². The van der Waals surface area contributed by atoms with Crippen LogP contribution in [0.3, 0.4) is 0 Å². The van der Waals surface area contributed by atoms with E-state index in [2.05, 4.69) is 19.2 Å². The molecule has 4 heteroatoms. The molecular weight excluding hydrogens is 264 g/mol. The number of nitrogens with zero attached hydrogens (tertiary/aromatic N) is 1. The summed E-state index contributed by atoms with van der Waals surface area (Å²) < 4.78 is 0. The molecule has 0 aromatic heterocycles. The third-order valence-corrected chi connectivity index (χ3v) is 4.76. The molecule has 4 nitrogen and oxygen atoms in total. The molecule has 2 fully saturated rings. The summed E-state index contributed by atoms with van der Waals surface area (Å²) in [4.78, 5) is 26.2. The van der Waals surface area contributed by atoms with Gasteiger partial charge in [0.1, 0.15) is 0 Å². The molecule has 2 aliphatic rings. The Kier molecular flexibility index (Phi) is 6.07. The lowest BCUT2D eigenvalue weighted by atomic mass is 10.0. The highest BCUT2D eigenvalue weighted by molar-refractivity contribution is 5.89. The van der Waals surface area contributed by atoms with Crippen molar-refractivity contribution in [2.45, 2.75) is 71.3 Å². The second-order valence-corrected chi connectivity index (χ2v) is 7.12. The fourth-order valence-corrected chi connectivity index (χ4v) is 3.32. The Morgan fingerprint density at radius 1 is 1.24 bits per heavy atom. The van der Waals surface area contributed by atoms with Crippen LogP contribution in [0.25, 0.3) is 0 Å². The molecule has 2 rings (SSSR count). The molecule has 2 amide bonds. The van der Waals surface area contributed by atoms with Gasteiger partial charge in [0.25, 0.3) is 0 Å². The molecule has 1 heterocycles. The third-order valence-electron chi connectivity index (χ3n) is 4.76. The van der Waals surface area contributed by atoms with Crippen molar-refractivity contribution in [3.63, 3.8) is 0 Å². The van der Waals surface area contributed by atoms with E-state index in [1.54, 1.807) is 0 Å². The van der Waals surface area contributed by atoms with Gasteiger partial charge in [0.05, 0.1) is 5.92 Å². The van der Waals surface area contributed by atoms with Gasteiger partial charge in [0.2, 0.25) is 11.8 Å². The minimum absolute atomic E-state index is 0.0993. The second kappa shape index (κ2) is 7.81. The zero-order valence-electron chi connectivity index (χ0n) is 13.6. The summed E-state index contributed by atoms with van der Waals surface area (Å²) in [5.74, 6) is 0.712. The fourth-order valence-electron chi connectivity index (χ4n) is 3.32. The lowest BCUT2D eigenvalue weighted by Gasteiger charge is -2.20. The fraction of sp³-hybridized carbons (Fsp3) is 0.882. The summed E-state index contributed by atoms with van der Waals surface area (Å²) >= 11 is 0. The number of hydrogen-bond donors (Lipinski definition) is 1. The van der Waals surface area contributed by atoms with E-state index in [0.717, 1.165) is 25.8 Å². The molecule has 120 valence electrons. The van der Waals surface area contributed by atoms with Gasteiger partial charge in [-0.25, -0.2) is 0 Å². The van der Waals surface area contributed by atoms with E-state index in [0.29, 0.717) is 24.9 Å². The molecule has 0 unspecified atom stereocenters. The zero-order valence-corrected chi connectivity index (χ0v) is 13.6. The minimum Gasteiger partial charge on any atom is -0.353 e. The molecule has 0 aromatic carbocycles. The largest absolute Gasteiger partial charge is 0.353 e. The van der Waals surface area contributed by atoms with Gasteiger partial charge in [-0.05, 0) is 25.2 Å². The molecule has 1 saturated heterocycles. The number of amides is 2. The van der Waals surface area contributed by atoms with Crippen molar-refractivity contribution in [1.29, 1.82) is 0 Å². The molecule has 0 bridgehead atoms. The number of carbonyl (C=O) groups excluding carboxylic acids is 2. The van der Waals surface area contributed by atoms with Gasteiger partial charge in [-0.2, -0.15) is 0 Å². The average Bonchev–Trinajstić information content (AvgIpc) is 2.63. The lowest BCUT2D eigenvalue weighted by molar-refractivity contribution is -0.129. The highest BCUT2D eigenvalue weighted by atomic mass is 16.2. The van der Waals surface area contributed by atoms with Crippen molar-refractivity contribution in [2.24, 2.45) is 11.8 Å². The van der Waals surface area contributed by atoms with Crippen LogP contribution in [0.5, 0.6) is 0 Å². The minimum atomic E-state index is -0.132. The second-order valence-electron chi connectivity index (χ2n) is 7.12. The van der Waals surface area contributed by atoms with Gasteiger partial charge in [0.15, 0.2) is 0 Å². The Hall–Kier alpha value is -1.06. The highest BCUT2D eigenvalue weighted by Crippen LogP contribution is 2.21. The van der Waals surface area contributed by atoms with Crippen molar-refractivity contribution in [3.05, 3.63) is 0 Å². The van der Waals surface area contributed by atoms with Crippen LogP contribution in [-0.4, -0.2) is 35.8 Å². The van der Waals surface area contributed by atoms with Gasteiger partial charge >= 0.3 is 0 Å².